The van der Waals surface area contributed by atoms with Crippen LogP contribution in [0.15, 0.2) is 42.6 Å². The first-order valence-corrected chi connectivity index (χ1v) is 5.19. The maximum atomic E-state index is 12.8. The standard InChI is InChI=1S/C13H10FNO3/c1-18-13(16)10-6-7-15(17)12(8-10)9-2-4-11(14)5-3-9/h2-8H,1H3. The SMILES string of the molecule is COC(=O)c1cc[n+]([O-])c(-c2ccc(F)cc2)c1. The van der Waals surface area contributed by atoms with Gasteiger partial charge in [0.2, 0.25) is 5.69 Å². The van der Waals surface area contributed by atoms with Crippen molar-refractivity contribution in [3.8, 4) is 11.3 Å². The lowest BCUT2D eigenvalue weighted by Gasteiger charge is -2.06. The molecule has 0 radical (unpaired) electrons. The number of methoxy groups -OCH3 is 1. The van der Waals surface area contributed by atoms with E-state index in [-0.39, 0.29) is 17.1 Å². The van der Waals surface area contributed by atoms with Gasteiger partial charge in [-0.3, -0.25) is 0 Å². The van der Waals surface area contributed by atoms with Crippen LogP contribution in [0, 0.1) is 11.0 Å². The molecule has 0 amide bonds. The van der Waals surface area contributed by atoms with E-state index < -0.39 is 5.97 Å². The van der Waals surface area contributed by atoms with Gasteiger partial charge in [-0.15, -0.1) is 0 Å². The second-order valence-electron chi connectivity index (χ2n) is 3.62. The Morgan fingerprint density at radius 2 is 1.94 bits per heavy atom. The quantitative estimate of drug-likeness (QED) is 0.462. The molecule has 0 unspecified atom stereocenters. The van der Waals surface area contributed by atoms with Gasteiger partial charge in [-0.25, -0.2) is 9.18 Å². The van der Waals surface area contributed by atoms with Crippen molar-refractivity contribution in [2.24, 2.45) is 0 Å². The first-order valence-electron chi connectivity index (χ1n) is 5.19. The lowest BCUT2D eigenvalue weighted by molar-refractivity contribution is -0.593. The number of ether oxygens (including phenoxy) is 1. The molecular formula is C13H10FNO3. The molecular weight excluding hydrogens is 237 g/mol. The van der Waals surface area contributed by atoms with Crippen LogP contribution in [0.4, 0.5) is 4.39 Å². The number of hydrogen-bond donors (Lipinski definition) is 0. The number of benzene rings is 1. The van der Waals surface area contributed by atoms with Gasteiger partial charge in [0.1, 0.15) is 5.82 Å². The predicted molar refractivity (Wildman–Crippen MR) is 62.1 cm³/mol. The summed E-state index contributed by atoms with van der Waals surface area (Å²) in [5, 5.41) is 11.6. The zero-order chi connectivity index (χ0) is 13.1. The van der Waals surface area contributed by atoms with Crippen LogP contribution < -0.4 is 4.73 Å². The number of pyridine rings is 1. The van der Waals surface area contributed by atoms with Crippen LogP contribution in [0.1, 0.15) is 10.4 Å². The van der Waals surface area contributed by atoms with Crippen molar-refractivity contribution < 1.29 is 18.7 Å². The third kappa shape index (κ3) is 2.29. The van der Waals surface area contributed by atoms with Crippen molar-refractivity contribution in [1.29, 1.82) is 0 Å². The maximum absolute atomic E-state index is 12.8. The largest absolute Gasteiger partial charge is 0.618 e. The van der Waals surface area contributed by atoms with Crippen molar-refractivity contribution in [3.05, 3.63) is 59.2 Å². The minimum atomic E-state index is -0.529. The fourth-order valence-electron chi connectivity index (χ4n) is 1.56. The summed E-state index contributed by atoms with van der Waals surface area (Å²) in [5.74, 6) is -0.917. The van der Waals surface area contributed by atoms with Gasteiger partial charge in [0.05, 0.1) is 12.7 Å². The Hall–Kier alpha value is -2.43. The summed E-state index contributed by atoms with van der Waals surface area (Å²) in [6.45, 7) is 0. The number of carbonyl (C=O) groups excluding carboxylic acids is 1. The summed E-state index contributed by atoms with van der Waals surface area (Å²) in [4.78, 5) is 11.4. The van der Waals surface area contributed by atoms with E-state index in [0.29, 0.717) is 10.3 Å². The number of nitrogens with zero attached hydrogens (tertiary/aromatic N) is 1. The van der Waals surface area contributed by atoms with Gasteiger partial charge in [0.15, 0.2) is 6.20 Å². The van der Waals surface area contributed by atoms with Crippen LogP contribution in [-0.4, -0.2) is 13.1 Å². The minimum Gasteiger partial charge on any atom is -0.618 e. The van der Waals surface area contributed by atoms with Gasteiger partial charge in [-0.05, 0) is 24.3 Å². The molecule has 2 aromatic rings. The molecule has 0 saturated carbocycles. The highest BCUT2D eigenvalue weighted by atomic mass is 19.1. The predicted octanol–water partition coefficient (Wildman–Crippen LogP) is 1.91. The van der Waals surface area contributed by atoms with Crippen LogP contribution >= 0.6 is 0 Å². The highest BCUT2D eigenvalue weighted by Crippen LogP contribution is 2.17. The first kappa shape index (κ1) is 12.0. The van der Waals surface area contributed by atoms with Crippen LogP contribution in [0.5, 0.6) is 0 Å². The molecule has 92 valence electrons. The molecule has 1 aromatic carbocycles. The van der Waals surface area contributed by atoms with Gasteiger partial charge < -0.3 is 9.94 Å². The second-order valence-corrected chi connectivity index (χ2v) is 3.62. The summed E-state index contributed by atoms with van der Waals surface area (Å²) >= 11 is 0. The molecule has 0 aliphatic heterocycles. The van der Waals surface area contributed by atoms with Crippen LogP contribution in [0.25, 0.3) is 11.3 Å². The van der Waals surface area contributed by atoms with E-state index in [2.05, 4.69) is 4.74 Å². The number of esters is 1. The average molecular weight is 247 g/mol. The molecule has 0 N–H and O–H groups in total. The number of halogens is 1. The monoisotopic (exact) mass is 247 g/mol. The summed E-state index contributed by atoms with van der Waals surface area (Å²) < 4.78 is 18.0. The lowest BCUT2D eigenvalue weighted by atomic mass is 10.1. The van der Waals surface area contributed by atoms with Gasteiger partial charge in [-0.2, -0.15) is 4.73 Å². The Morgan fingerprint density at radius 1 is 1.28 bits per heavy atom. The number of aromatic nitrogens is 1. The van der Waals surface area contributed by atoms with E-state index in [1.807, 2.05) is 0 Å². The molecule has 4 nitrogen and oxygen atoms in total. The number of carbonyl (C=O) groups is 1. The van der Waals surface area contributed by atoms with Gasteiger partial charge in [0, 0.05) is 17.7 Å². The maximum Gasteiger partial charge on any atom is 0.338 e. The molecule has 2 rings (SSSR count). The first-order chi connectivity index (χ1) is 8.61. The van der Waals surface area contributed by atoms with E-state index in [1.165, 1.54) is 49.7 Å². The van der Waals surface area contributed by atoms with Crippen molar-refractivity contribution in [1.82, 2.24) is 0 Å². The lowest BCUT2D eigenvalue weighted by Crippen LogP contribution is -2.29. The molecule has 0 saturated heterocycles. The van der Waals surface area contributed by atoms with E-state index in [1.54, 1.807) is 0 Å². The number of hydrogen-bond acceptors (Lipinski definition) is 3. The highest BCUT2D eigenvalue weighted by Gasteiger charge is 2.14. The number of rotatable bonds is 2. The summed E-state index contributed by atoms with van der Waals surface area (Å²) in [6.07, 6.45) is 1.21. The Balaban J connectivity index is 2.49. The topological polar surface area (TPSA) is 53.2 Å². The summed E-state index contributed by atoms with van der Waals surface area (Å²) in [6, 6.07) is 8.22. The average Bonchev–Trinajstić information content (AvgIpc) is 2.39. The molecule has 0 atom stereocenters. The summed E-state index contributed by atoms with van der Waals surface area (Å²) in [5.41, 5.74) is 1.05. The molecule has 5 heteroatoms. The zero-order valence-electron chi connectivity index (χ0n) is 9.59. The summed E-state index contributed by atoms with van der Waals surface area (Å²) in [7, 11) is 1.26. The van der Waals surface area contributed by atoms with Gasteiger partial charge >= 0.3 is 5.97 Å². The van der Waals surface area contributed by atoms with Crippen molar-refractivity contribution in [2.75, 3.05) is 7.11 Å². The molecule has 1 heterocycles. The second kappa shape index (κ2) is 4.83. The third-order valence-electron chi connectivity index (χ3n) is 2.48. The highest BCUT2D eigenvalue weighted by molar-refractivity contribution is 5.90. The molecule has 18 heavy (non-hydrogen) atoms. The molecule has 1 aromatic heterocycles. The van der Waals surface area contributed by atoms with E-state index in [9.17, 15) is 14.4 Å². The zero-order valence-corrected chi connectivity index (χ0v) is 9.59. The van der Waals surface area contributed by atoms with E-state index in [0.717, 1.165) is 0 Å². The smallest absolute Gasteiger partial charge is 0.338 e. The van der Waals surface area contributed by atoms with Gasteiger partial charge in [-0.1, -0.05) is 0 Å². The molecule has 0 fully saturated rings. The Kier molecular flexibility index (Phi) is 3.23. The van der Waals surface area contributed by atoms with Crippen molar-refractivity contribution in [2.45, 2.75) is 0 Å². The van der Waals surface area contributed by atoms with Crippen LogP contribution in [0.2, 0.25) is 0 Å². The van der Waals surface area contributed by atoms with E-state index >= 15 is 0 Å². The molecule has 0 aliphatic rings. The van der Waals surface area contributed by atoms with E-state index in [4.69, 9.17) is 0 Å². The molecule has 0 spiro atoms. The Morgan fingerprint density at radius 3 is 2.56 bits per heavy atom. The molecule has 0 bridgehead atoms. The third-order valence-corrected chi connectivity index (χ3v) is 2.48. The fourth-order valence-corrected chi connectivity index (χ4v) is 1.56. The molecule has 0 aliphatic carbocycles. The van der Waals surface area contributed by atoms with Crippen LogP contribution in [-0.2, 0) is 4.74 Å². The Labute approximate surface area is 103 Å². The van der Waals surface area contributed by atoms with Crippen molar-refractivity contribution in [3.63, 3.8) is 0 Å². The van der Waals surface area contributed by atoms with Gasteiger partial charge in [0.25, 0.3) is 0 Å². The van der Waals surface area contributed by atoms with Crippen molar-refractivity contribution >= 4 is 5.97 Å². The minimum absolute atomic E-state index is 0.262. The van der Waals surface area contributed by atoms with Crippen LogP contribution in [0.3, 0.4) is 0 Å². The normalized spacial score (nSPS) is 10.1. The Bertz CT molecular complexity index is 581. The fraction of sp³-hybridized carbons (Fsp3) is 0.0769.